The van der Waals surface area contributed by atoms with Gasteiger partial charge in [0.15, 0.2) is 0 Å². The smallest absolute Gasteiger partial charge is 0.282 e. The molecule has 0 aromatic heterocycles. The zero-order valence-corrected chi connectivity index (χ0v) is 17.1. The number of nitrogens with one attached hydrogen (secondary N) is 1. The number of hydrogen-bond donors (Lipinski definition) is 1. The van der Waals surface area contributed by atoms with Gasteiger partial charge in [0.2, 0.25) is 0 Å². The van der Waals surface area contributed by atoms with E-state index in [1.165, 1.54) is 18.2 Å². The van der Waals surface area contributed by atoms with Crippen LogP contribution in [0.2, 0.25) is 5.02 Å². The summed E-state index contributed by atoms with van der Waals surface area (Å²) in [6, 6.07) is 17.9. The molecule has 1 aliphatic rings. The van der Waals surface area contributed by atoms with Gasteiger partial charge < -0.3 is 5.32 Å². The topological polar surface area (TPSA) is 49.4 Å². The number of rotatable bonds is 4. The molecule has 1 aliphatic heterocycles. The van der Waals surface area contributed by atoms with E-state index in [9.17, 15) is 14.0 Å². The van der Waals surface area contributed by atoms with Crippen LogP contribution in [0.25, 0.3) is 5.57 Å². The van der Waals surface area contributed by atoms with Crippen LogP contribution in [0.1, 0.15) is 16.7 Å². The lowest BCUT2D eigenvalue weighted by molar-refractivity contribution is -0.120. The summed E-state index contributed by atoms with van der Waals surface area (Å²) >= 11 is 5.99. The number of nitrogens with zero attached hydrogens (tertiary/aromatic N) is 1. The van der Waals surface area contributed by atoms with Crippen molar-refractivity contribution in [3.05, 3.63) is 100.0 Å². The minimum absolute atomic E-state index is 0.0899. The van der Waals surface area contributed by atoms with Gasteiger partial charge in [-0.1, -0.05) is 35.9 Å². The zero-order chi connectivity index (χ0) is 21.4. The van der Waals surface area contributed by atoms with E-state index in [0.717, 1.165) is 16.0 Å². The first-order chi connectivity index (χ1) is 14.3. The minimum atomic E-state index is -0.501. The van der Waals surface area contributed by atoms with Gasteiger partial charge in [-0.2, -0.15) is 0 Å². The standard InChI is InChI=1S/C24H18ClFN2O2/c1-14-10-15(2)12-20(11-14)28-23(29)21(16-6-8-17(25)9-7-16)22(24(28)30)27-19-5-3-4-18(26)13-19/h3-13,27H,1-2H3. The molecule has 150 valence electrons. The molecular weight excluding hydrogens is 403 g/mol. The van der Waals surface area contributed by atoms with E-state index < -0.39 is 17.6 Å². The summed E-state index contributed by atoms with van der Waals surface area (Å²) < 4.78 is 13.7. The van der Waals surface area contributed by atoms with Crippen LogP contribution in [0.4, 0.5) is 15.8 Å². The highest BCUT2D eigenvalue weighted by molar-refractivity contribution is 6.46. The number of amides is 2. The molecule has 30 heavy (non-hydrogen) atoms. The second kappa shape index (κ2) is 7.76. The average Bonchev–Trinajstić information content (AvgIpc) is 2.92. The first-order valence-electron chi connectivity index (χ1n) is 9.33. The molecule has 0 saturated heterocycles. The van der Waals surface area contributed by atoms with Crippen molar-refractivity contribution in [2.75, 3.05) is 10.2 Å². The Hall–Kier alpha value is -3.44. The van der Waals surface area contributed by atoms with Crippen LogP contribution in [-0.2, 0) is 9.59 Å². The van der Waals surface area contributed by atoms with Crippen LogP contribution < -0.4 is 10.2 Å². The van der Waals surface area contributed by atoms with Gasteiger partial charge in [0.05, 0.1) is 11.3 Å². The van der Waals surface area contributed by atoms with Gasteiger partial charge in [-0.15, -0.1) is 0 Å². The first-order valence-corrected chi connectivity index (χ1v) is 9.71. The van der Waals surface area contributed by atoms with Gasteiger partial charge in [0.25, 0.3) is 11.8 Å². The van der Waals surface area contributed by atoms with Gasteiger partial charge in [0.1, 0.15) is 11.5 Å². The maximum atomic E-state index is 13.7. The van der Waals surface area contributed by atoms with Crippen LogP contribution in [0.5, 0.6) is 0 Å². The largest absolute Gasteiger partial charge is 0.350 e. The van der Waals surface area contributed by atoms with E-state index in [2.05, 4.69) is 5.32 Å². The number of imide groups is 1. The average molecular weight is 421 g/mol. The van der Waals surface area contributed by atoms with Crippen molar-refractivity contribution in [1.29, 1.82) is 0 Å². The molecule has 0 bridgehead atoms. The maximum Gasteiger partial charge on any atom is 0.282 e. The van der Waals surface area contributed by atoms with Crippen LogP contribution in [0, 0.1) is 19.7 Å². The van der Waals surface area contributed by atoms with Gasteiger partial charge >= 0.3 is 0 Å². The van der Waals surface area contributed by atoms with Crippen molar-refractivity contribution >= 4 is 40.4 Å². The Balaban J connectivity index is 1.84. The summed E-state index contributed by atoms with van der Waals surface area (Å²) in [5, 5.41) is 3.46. The quantitative estimate of drug-likeness (QED) is 0.567. The maximum absolute atomic E-state index is 13.7. The molecule has 0 spiro atoms. The lowest BCUT2D eigenvalue weighted by Crippen LogP contribution is -2.32. The second-order valence-corrected chi connectivity index (χ2v) is 7.62. The minimum Gasteiger partial charge on any atom is -0.350 e. The fourth-order valence-corrected chi connectivity index (χ4v) is 3.68. The summed E-state index contributed by atoms with van der Waals surface area (Å²) in [7, 11) is 0. The lowest BCUT2D eigenvalue weighted by Gasteiger charge is -2.17. The summed E-state index contributed by atoms with van der Waals surface area (Å²) in [5.74, 6) is -1.40. The van der Waals surface area contributed by atoms with Crippen molar-refractivity contribution < 1.29 is 14.0 Å². The molecule has 0 fully saturated rings. The fraction of sp³-hybridized carbons (Fsp3) is 0.0833. The SMILES string of the molecule is Cc1cc(C)cc(N2C(=O)C(Nc3cccc(F)c3)=C(c3ccc(Cl)cc3)C2=O)c1. The summed E-state index contributed by atoms with van der Waals surface area (Å²) in [6.07, 6.45) is 0. The number of aryl methyl sites for hydroxylation is 2. The van der Waals surface area contributed by atoms with E-state index in [1.807, 2.05) is 19.9 Å². The van der Waals surface area contributed by atoms with Crippen LogP contribution >= 0.6 is 11.6 Å². The molecule has 4 rings (SSSR count). The molecule has 0 saturated carbocycles. The predicted molar refractivity (Wildman–Crippen MR) is 117 cm³/mol. The Morgan fingerprint density at radius 1 is 0.867 bits per heavy atom. The van der Waals surface area contributed by atoms with Crippen LogP contribution in [-0.4, -0.2) is 11.8 Å². The first kappa shape index (κ1) is 19.9. The lowest BCUT2D eigenvalue weighted by atomic mass is 10.0. The van der Waals surface area contributed by atoms with E-state index >= 15 is 0 Å². The van der Waals surface area contributed by atoms with Crippen molar-refractivity contribution in [3.8, 4) is 0 Å². The van der Waals surface area contributed by atoms with Crippen molar-refractivity contribution in [2.45, 2.75) is 13.8 Å². The Labute approximate surface area is 178 Å². The number of hydrogen-bond acceptors (Lipinski definition) is 3. The molecule has 4 nitrogen and oxygen atoms in total. The number of carbonyl (C=O) groups excluding carboxylic acids is 2. The third-order valence-electron chi connectivity index (χ3n) is 4.78. The molecule has 3 aromatic carbocycles. The van der Waals surface area contributed by atoms with Crippen molar-refractivity contribution in [3.63, 3.8) is 0 Å². The number of benzene rings is 3. The van der Waals surface area contributed by atoms with Crippen molar-refractivity contribution in [2.24, 2.45) is 0 Å². The molecule has 2 amide bonds. The molecule has 1 N–H and O–H groups in total. The fourth-order valence-electron chi connectivity index (χ4n) is 3.55. The molecule has 0 atom stereocenters. The van der Waals surface area contributed by atoms with Crippen molar-refractivity contribution in [1.82, 2.24) is 0 Å². The highest BCUT2D eigenvalue weighted by Gasteiger charge is 2.40. The van der Waals surface area contributed by atoms with E-state index in [-0.39, 0.29) is 11.3 Å². The highest BCUT2D eigenvalue weighted by atomic mass is 35.5. The highest BCUT2D eigenvalue weighted by Crippen LogP contribution is 2.35. The number of carbonyl (C=O) groups is 2. The normalized spacial score (nSPS) is 13.9. The predicted octanol–water partition coefficient (Wildman–Crippen LogP) is 5.49. The monoisotopic (exact) mass is 420 g/mol. The molecule has 1 heterocycles. The molecular formula is C24H18ClFN2O2. The van der Waals surface area contributed by atoms with Gasteiger partial charge in [-0.25, -0.2) is 9.29 Å². The summed E-state index contributed by atoms with van der Waals surface area (Å²) in [5.41, 5.74) is 3.58. The third kappa shape index (κ3) is 3.72. The Morgan fingerprint density at radius 2 is 1.53 bits per heavy atom. The van der Waals surface area contributed by atoms with Crippen LogP contribution in [0.3, 0.4) is 0 Å². The van der Waals surface area contributed by atoms with Gasteiger partial charge in [-0.05, 0) is 73.0 Å². The Kier molecular flexibility index (Phi) is 5.14. The second-order valence-electron chi connectivity index (χ2n) is 7.18. The summed E-state index contributed by atoms with van der Waals surface area (Å²) in [4.78, 5) is 27.9. The molecule has 0 aliphatic carbocycles. The van der Waals surface area contributed by atoms with Gasteiger partial charge in [0, 0.05) is 10.7 Å². The number of halogens is 2. The molecule has 6 heteroatoms. The summed E-state index contributed by atoms with van der Waals surface area (Å²) in [6.45, 7) is 3.81. The number of anilines is 2. The molecule has 0 unspecified atom stereocenters. The Bertz CT molecular complexity index is 1180. The van der Waals surface area contributed by atoms with Crippen LogP contribution in [0.15, 0.2) is 72.4 Å². The molecule has 0 radical (unpaired) electrons. The Morgan fingerprint density at radius 3 is 2.17 bits per heavy atom. The molecule has 3 aromatic rings. The van der Waals surface area contributed by atoms with E-state index in [1.54, 1.807) is 42.5 Å². The van der Waals surface area contributed by atoms with E-state index in [0.29, 0.717) is 22.0 Å². The third-order valence-corrected chi connectivity index (χ3v) is 5.03. The van der Waals surface area contributed by atoms with E-state index in [4.69, 9.17) is 11.6 Å². The zero-order valence-electron chi connectivity index (χ0n) is 16.4. The van der Waals surface area contributed by atoms with Gasteiger partial charge in [-0.3, -0.25) is 9.59 Å².